The summed E-state index contributed by atoms with van der Waals surface area (Å²) in [6.45, 7) is 10.7. The van der Waals surface area contributed by atoms with Gasteiger partial charge in [0.2, 0.25) is 0 Å². The summed E-state index contributed by atoms with van der Waals surface area (Å²) in [4.78, 5) is 7.70. The number of likely N-dealkylation sites (N-methyl/N-ethyl adjacent to an activating group) is 1. The molecule has 0 bridgehead atoms. The van der Waals surface area contributed by atoms with Crippen LogP contribution in [-0.2, 0) is 13.1 Å². The number of halogens is 1. The van der Waals surface area contributed by atoms with Crippen LogP contribution in [0.25, 0.3) is 0 Å². The summed E-state index contributed by atoms with van der Waals surface area (Å²) >= 11 is 6.72. The maximum atomic E-state index is 6.72. The van der Waals surface area contributed by atoms with Gasteiger partial charge < -0.3 is 4.90 Å². The Morgan fingerprint density at radius 1 is 1.04 bits per heavy atom. The summed E-state index contributed by atoms with van der Waals surface area (Å²) in [5.41, 5.74) is 3.46. The van der Waals surface area contributed by atoms with Crippen LogP contribution < -0.4 is 0 Å². The standard InChI is InChI=1S/C22H32ClN5/c1-18-21(22(23)28(24-18)15-19-7-4-3-5-8-19)17-26-11-13-27(14-12-26)20-9-6-10-25(2)16-20/h3-5,7-8,20H,6,9-17H2,1-2H3. The predicted octanol–water partition coefficient (Wildman–Crippen LogP) is 3.11. The second-order valence-corrected chi connectivity index (χ2v) is 8.73. The monoisotopic (exact) mass is 401 g/mol. The highest BCUT2D eigenvalue weighted by molar-refractivity contribution is 6.30. The molecular formula is C22H32ClN5. The number of nitrogens with zero attached hydrogens (tertiary/aromatic N) is 5. The largest absolute Gasteiger partial charge is 0.305 e. The first kappa shape index (κ1) is 19.9. The third-order valence-electron chi connectivity index (χ3n) is 6.26. The molecule has 0 N–H and O–H groups in total. The van der Waals surface area contributed by atoms with Crippen molar-refractivity contribution >= 4 is 11.6 Å². The summed E-state index contributed by atoms with van der Waals surface area (Å²) in [5, 5.41) is 5.50. The van der Waals surface area contributed by atoms with Crippen LogP contribution in [0.2, 0.25) is 5.15 Å². The molecule has 1 atom stereocenters. The van der Waals surface area contributed by atoms with Crippen molar-refractivity contribution < 1.29 is 0 Å². The first-order chi connectivity index (χ1) is 13.6. The second kappa shape index (κ2) is 8.95. The molecule has 4 rings (SSSR count). The molecule has 1 aromatic heterocycles. The summed E-state index contributed by atoms with van der Waals surface area (Å²) in [6, 6.07) is 11.1. The topological polar surface area (TPSA) is 27.5 Å². The van der Waals surface area contributed by atoms with Crippen LogP contribution in [0.1, 0.15) is 29.7 Å². The first-order valence-electron chi connectivity index (χ1n) is 10.5. The zero-order chi connectivity index (χ0) is 19.5. The Bertz CT molecular complexity index is 767. The lowest BCUT2D eigenvalue weighted by Crippen LogP contribution is -2.54. The van der Waals surface area contributed by atoms with E-state index in [9.17, 15) is 0 Å². The van der Waals surface area contributed by atoms with Crippen molar-refractivity contribution in [2.24, 2.45) is 0 Å². The van der Waals surface area contributed by atoms with Crippen LogP contribution >= 0.6 is 11.6 Å². The van der Waals surface area contributed by atoms with Gasteiger partial charge in [-0.2, -0.15) is 5.10 Å². The van der Waals surface area contributed by atoms with Gasteiger partial charge in [0, 0.05) is 50.9 Å². The second-order valence-electron chi connectivity index (χ2n) is 8.37. The van der Waals surface area contributed by atoms with E-state index < -0.39 is 0 Å². The molecular weight excluding hydrogens is 370 g/mol. The quantitative estimate of drug-likeness (QED) is 0.769. The summed E-state index contributed by atoms with van der Waals surface area (Å²) < 4.78 is 1.94. The maximum Gasteiger partial charge on any atom is 0.132 e. The molecule has 1 unspecified atom stereocenters. The van der Waals surface area contributed by atoms with Gasteiger partial charge in [-0.1, -0.05) is 41.9 Å². The number of likely N-dealkylation sites (tertiary alicyclic amines) is 1. The molecule has 0 aliphatic carbocycles. The number of rotatable bonds is 5. The van der Waals surface area contributed by atoms with E-state index in [2.05, 4.69) is 52.9 Å². The molecule has 2 aromatic rings. The Balaban J connectivity index is 1.35. The van der Waals surface area contributed by atoms with Crippen molar-refractivity contribution in [3.05, 3.63) is 52.3 Å². The predicted molar refractivity (Wildman–Crippen MR) is 115 cm³/mol. The summed E-state index contributed by atoms with van der Waals surface area (Å²) in [6.07, 6.45) is 2.68. The number of aryl methyl sites for hydroxylation is 1. The van der Waals surface area contributed by atoms with E-state index in [1.165, 1.54) is 37.1 Å². The van der Waals surface area contributed by atoms with Crippen LogP contribution in [0, 0.1) is 6.92 Å². The molecule has 0 spiro atoms. The van der Waals surface area contributed by atoms with E-state index in [4.69, 9.17) is 16.7 Å². The van der Waals surface area contributed by atoms with Crippen molar-refractivity contribution in [2.45, 2.75) is 38.9 Å². The molecule has 2 fully saturated rings. The van der Waals surface area contributed by atoms with E-state index in [-0.39, 0.29) is 0 Å². The Morgan fingerprint density at radius 3 is 2.50 bits per heavy atom. The highest BCUT2D eigenvalue weighted by Gasteiger charge is 2.27. The summed E-state index contributed by atoms with van der Waals surface area (Å²) in [5.74, 6) is 0. The smallest absolute Gasteiger partial charge is 0.132 e. The number of benzene rings is 1. The third-order valence-corrected chi connectivity index (χ3v) is 6.69. The number of hydrogen-bond acceptors (Lipinski definition) is 4. The first-order valence-corrected chi connectivity index (χ1v) is 10.9. The lowest BCUT2D eigenvalue weighted by Gasteiger charge is -2.42. The van der Waals surface area contributed by atoms with Gasteiger partial charge in [0.25, 0.3) is 0 Å². The molecule has 2 aliphatic rings. The van der Waals surface area contributed by atoms with Gasteiger partial charge in [-0.15, -0.1) is 0 Å². The van der Waals surface area contributed by atoms with Gasteiger partial charge in [0.05, 0.1) is 12.2 Å². The number of aromatic nitrogens is 2. The van der Waals surface area contributed by atoms with Crippen molar-refractivity contribution in [3.63, 3.8) is 0 Å². The van der Waals surface area contributed by atoms with Gasteiger partial charge in [0.15, 0.2) is 0 Å². The van der Waals surface area contributed by atoms with Gasteiger partial charge in [0.1, 0.15) is 5.15 Å². The maximum absolute atomic E-state index is 6.72. The molecule has 28 heavy (non-hydrogen) atoms. The minimum absolute atomic E-state index is 0.726. The Labute approximate surface area is 173 Å². The molecule has 3 heterocycles. The van der Waals surface area contributed by atoms with Crippen molar-refractivity contribution in [1.82, 2.24) is 24.5 Å². The SMILES string of the molecule is Cc1nn(Cc2ccccc2)c(Cl)c1CN1CCN(C2CCCN(C)C2)CC1. The molecule has 152 valence electrons. The molecule has 0 amide bonds. The molecule has 2 aliphatic heterocycles. The summed E-state index contributed by atoms with van der Waals surface area (Å²) in [7, 11) is 2.25. The van der Waals surface area contributed by atoms with E-state index in [1.807, 2.05) is 10.7 Å². The number of hydrogen-bond donors (Lipinski definition) is 0. The van der Waals surface area contributed by atoms with E-state index in [1.54, 1.807) is 0 Å². The van der Waals surface area contributed by atoms with Crippen LogP contribution in [0.3, 0.4) is 0 Å². The molecule has 2 saturated heterocycles. The van der Waals surface area contributed by atoms with E-state index >= 15 is 0 Å². The Kier molecular flexibility index (Phi) is 6.36. The Hall–Kier alpha value is -1.40. The minimum Gasteiger partial charge on any atom is -0.305 e. The fourth-order valence-electron chi connectivity index (χ4n) is 4.58. The zero-order valence-electron chi connectivity index (χ0n) is 17.1. The average molecular weight is 402 g/mol. The van der Waals surface area contributed by atoms with Gasteiger partial charge in [-0.3, -0.25) is 9.80 Å². The van der Waals surface area contributed by atoms with Crippen LogP contribution in [0.15, 0.2) is 30.3 Å². The molecule has 1 aromatic carbocycles. The molecule has 0 saturated carbocycles. The van der Waals surface area contributed by atoms with Gasteiger partial charge in [-0.25, -0.2) is 4.68 Å². The van der Waals surface area contributed by atoms with Crippen LogP contribution in [0.4, 0.5) is 0 Å². The van der Waals surface area contributed by atoms with E-state index in [0.717, 1.165) is 56.2 Å². The Morgan fingerprint density at radius 2 is 1.79 bits per heavy atom. The van der Waals surface area contributed by atoms with Gasteiger partial charge in [-0.05, 0) is 38.9 Å². The van der Waals surface area contributed by atoms with Crippen molar-refractivity contribution in [1.29, 1.82) is 0 Å². The average Bonchev–Trinajstić information content (AvgIpc) is 2.97. The van der Waals surface area contributed by atoms with Crippen molar-refractivity contribution in [3.8, 4) is 0 Å². The fraction of sp³-hybridized carbons (Fsp3) is 0.591. The molecule has 0 radical (unpaired) electrons. The third kappa shape index (κ3) is 4.60. The van der Waals surface area contributed by atoms with Crippen LogP contribution in [0.5, 0.6) is 0 Å². The lowest BCUT2D eigenvalue weighted by atomic mass is 10.0. The van der Waals surface area contributed by atoms with Crippen LogP contribution in [-0.4, -0.2) is 76.8 Å². The molecule has 5 nitrogen and oxygen atoms in total. The minimum atomic E-state index is 0.726. The van der Waals surface area contributed by atoms with E-state index in [0.29, 0.717) is 0 Å². The highest BCUT2D eigenvalue weighted by atomic mass is 35.5. The lowest BCUT2D eigenvalue weighted by molar-refractivity contribution is 0.0568. The highest BCUT2D eigenvalue weighted by Crippen LogP contribution is 2.24. The zero-order valence-corrected chi connectivity index (χ0v) is 17.9. The number of piperazine rings is 1. The number of piperidine rings is 1. The van der Waals surface area contributed by atoms with Crippen molar-refractivity contribution in [2.75, 3.05) is 46.3 Å². The normalized spacial score (nSPS) is 22.6. The van der Waals surface area contributed by atoms with Gasteiger partial charge >= 0.3 is 0 Å². The fourth-order valence-corrected chi connectivity index (χ4v) is 4.87. The molecule has 6 heteroatoms.